The summed E-state index contributed by atoms with van der Waals surface area (Å²) < 4.78 is 10.9. The van der Waals surface area contributed by atoms with Gasteiger partial charge in [0.1, 0.15) is 5.54 Å². The lowest BCUT2D eigenvalue weighted by molar-refractivity contribution is -0.131. The third kappa shape index (κ3) is 4.64. The lowest BCUT2D eigenvalue weighted by Gasteiger charge is -2.20. The van der Waals surface area contributed by atoms with Gasteiger partial charge in [-0.1, -0.05) is 12.8 Å². The number of nitrogens with zero attached hydrogens (tertiary/aromatic N) is 2. The summed E-state index contributed by atoms with van der Waals surface area (Å²) in [6, 6.07) is 6.42. The van der Waals surface area contributed by atoms with E-state index < -0.39 is 5.54 Å². The molecule has 1 aromatic rings. The van der Waals surface area contributed by atoms with Crippen LogP contribution in [0, 0.1) is 11.3 Å². The number of hydrogen-bond donors (Lipinski definition) is 2. The molecule has 2 N–H and O–H groups in total. The second-order valence-corrected chi connectivity index (χ2v) is 7.37. The lowest BCUT2D eigenvalue weighted by Crippen LogP contribution is -2.44. The Hall–Kier alpha value is -3.28. The fourth-order valence-electron chi connectivity index (χ4n) is 3.82. The van der Waals surface area contributed by atoms with E-state index in [2.05, 4.69) is 10.6 Å². The highest BCUT2D eigenvalue weighted by atomic mass is 16.5. The van der Waals surface area contributed by atoms with Gasteiger partial charge in [0.05, 0.1) is 18.2 Å². The van der Waals surface area contributed by atoms with Gasteiger partial charge < -0.3 is 20.1 Å². The molecule has 0 radical (unpaired) electrons. The Morgan fingerprint density at radius 3 is 2.73 bits per heavy atom. The highest BCUT2D eigenvalue weighted by Gasteiger charge is 2.51. The molecule has 0 bridgehead atoms. The van der Waals surface area contributed by atoms with Crippen LogP contribution in [0.1, 0.15) is 44.6 Å². The Morgan fingerprint density at radius 2 is 2.03 bits per heavy atom. The van der Waals surface area contributed by atoms with Crippen molar-refractivity contribution in [1.29, 1.82) is 5.26 Å². The van der Waals surface area contributed by atoms with Crippen LogP contribution in [0.25, 0.3) is 0 Å². The van der Waals surface area contributed by atoms with E-state index >= 15 is 0 Å². The zero-order valence-corrected chi connectivity index (χ0v) is 17.0. The zero-order valence-electron chi connectivity index (χ0n) is 17.0. The van der Waals surface area contributed by atoms with Crippen molar-refractivity contribution < 1.29 is 23.9 Å². The molecule has 1 spiro atoms. The van der Waals surface area contributed by atoms with Crippen LogP contribution in [-0.4, -0.2) is 54.6 Å². The van der Waals surface area contributed by atoms with Crippen LogP contribution >= 0.6 is 0 Å². The predicted octanol–water partition coefficient (Wildman–Crippen LogP) is 1.71. The molecule has 1 aromatic carbocycles. The van der Waals surface area contributed by atoms with Gasteiger partial charge in [-0.2, -0.15) is 5.26 Å². The van der Waals surface area contributed by atoms with E-state index in [0.717, 1.165) is 12.8 Å². The monoisotopic (exact) mass is 414 g/mol. The molecule has 2 fully saturated rings. The molecule has 0 atom stereocenters. The number of nitriles is 1. The highest BCUT2D eigenvalue weighted by Crippen LogP contribution is 2.35. The van der Waals surface area contributed by atoms with Crippen LogP contribution in [0.2, 0.25) is 0 Å². The Balaban J connectivity index is 1.41. The molecule has 9 nitrogen and oxygen atoms in total. The Labute approximate surface area is 175 Å². The molecule has 9 heteroatoms. The van der Waals surface area contributed by atoms with Crippen LogP contribution in [0.5, 0.6) is 11.5 Å². The normalized spacial score (nSPS) is 17.0. The number of ether oxygens (including phenoxy) is 2. The van der Waals surface area contributed by atoms with Crippen molar-refractivity contribution in [2.75, 3.05) is 26.3 Å². The predicted molar refractivity (Wildman–Crippen MR) is 107 cm³/mol. The summed E-state index contributed by atoms with van der Waals surface area (Å²) >= 11 is 0. The van der Waals surface area contributed by atoms with Crippen LogP contribution < -0.4 is 20.1 Å². The number of benzene rings is 1. The maximum Gasteiger partial charge on any atom is 0.325 e. The van der Waals surface area contributed by atoms with E-state index in [4.69, 9.17) is 14.7 Å². The minimum absolute atomic E-state index is 0.149. The van der Waals surface area contributed by atoms with E-state index in [0.29, 0.717) is 49.5 Å². The average Bonchev–Trinajstić information content (AvgIpc) is 3.30. The first-order valence-electron chi connectivity index (χ1n) is 10.2. The molecular formula is C21H26N4O5. The van der Waals surface area contributed by atoms with Crippen molar-refractivity contribution in [1.82, 2.24) is 15.5 Å². The van der Waals surface area contributed by atoms with Crippen molar-refractivity contribution in [3.63, 3.8) is 0 Å². The van der Waals surface area contributed by atoms with Gasteiger partial charge in [-0.05, 0) is 38.3 Å². The number of carbonyl (C=O) groups excluding carboxylic acids is 3. The summed E-state index contributed by atoms with van der Waals surface area (Å²) in [6.07, 6.45) is 3.74. The summed E-state index contributed by atoms with van der Waals surface area (Å²) in [6.45, 7) is 2.59. The van der Waals surface area contributed by atoms with E-state index in [1.54, 1.807) is 18.2 Å². The molecule has 3 rings (SSSR count). The van der Waals surface area contributed by atoms with Crippen molar-refractivity contribution in [3.05, 3.63) is 23.8 Å². The van der Waals surface area contributed by atoms with E-state index in [1.165, 1.54) is 4.90 Å². The van der Waals surface area contributed by atoms with Gasteiger partial charge in [0.25, 0.3) is 11.8 Å². The fraction of sp³-hybridized carbons (Fsp3) is 0.524. The Bertz CT molecular complexity index is 857. The second-order valence-electron chi connectivity index (χ2n) is 7.37. The first kappa shape index (κ1) is 21.4. The van der Waals surface area contributed by atoms with Crippen LogP contribution in [0.3, 0.4) is 0 Å². The third-order valence-electron chi connectivity index (χ3n) is 5.32. The minimum Gasteiger partial charge on any atom is -0.490 e. The van der Waals surface area contributed by atoms with Gasteiger partial charge in [-0.25, -0.2) is 4.79 Å². The van der Waals surface area contributed by atoms with Gasteiger partial charge in [-0.15, -0.1) is 0 Å². The summed E-state index contributed by atoms with van der Waals surface area (Å²) in [5.74, 6) is 0.311. The summed E-state index contributed by atoms with van der Waals surface area (Å²) in [5.41, 5.74) is -0.261. The lowest BCUT2D eigenvalue weighted by atomic mass is 9.98. The number of urea groups is 1. The largest absolute Gasteiger partial charge is 0.490 e. The molecule has 0 unspecified atom stereocenters. The van der Waals surface area contributed by atoms with Gasteiger partial charge in [0.2, 0.25) is 0 Å². The summed E-state index contributed by atoms with van der Waals surface area (Å²) in [5, 5.41) is 14.5. The summed E-state index contributed by atoms with van der Waals surface area (Å²) in [7, 11) is 0. The van der Waals surface area contributed by atoms with Gasteiger partial charge >= 0.3 is 6.03 Å². The highest BCUT2D eigenvalue weighted by molar-refractivity contribution is 6.07. The molecule has 30 heavy (non-hydrogen) atoms. The number of imide groups is 1. The smallest absolute Gasteiger partial charge is 0.325 e. The average molecular weight is 414 g/mol. The number of hydrogen-bond acceptors (Lipinski definition) is 6. The molecule has 1 saturated carbocycles. The number of nitrogens with one attached hydrogen (secondary N) is 2. The standard InChI is InChI=1S/C21H26N4O5/c1-2-29-17-12-15(13-22)6-7-16(17)30-14-18(26)23-10-5-11-25-19(27)21(24-20(25)28)8-3-4-9-21/h6-7,12H,2-5,8-11,14H2,1H3,(H,23,26)(H,24,28). The quantitative estimate of drug-likeness (QED) is 0.469. The number of amides is 4. The zero-order chi connectivity index (χ0) is 21.6. The topological polar surface area (TPSA) is 121 Å². The summed E-state index contributed by atoms with van der Waals surface area (Å²) in [4.78, 5) is 38.0. The van der Waals surface area contributed by atoms with Crippen LogP contribution in [-0.2, 0) is 9.59 Å². The molecular weight excluding hydrogens is 388 g/mol. The van der Waals surface area contributed by atoms with Crippen LogP contribution in [0.4, 0.5) is 4.79 Å². The Kier molecular flexibility index (Phi) is 6.77. The van der Waals surface area contributed by atoms with Gasteiger partial charge in [0, 0.05) is 19.2 Å². The number of rotatable bonds is 9. The van der Waals surface area contributed by atoms with E-state index in [1.807, 2.05) is 13.0 Å². The molecule has 2 aliphatic rings. The number of carbonyl (C=O) groups is 3. The van der Waals surface area contributed by atoms with Gasteiger partial charge in [0.15, 0.2) is 18.1 Å². The van der Waals surface area contributed by atoms with E-state index in [9.17, 15) is 14.4 Å². The maximum atomic E-state index is 12.6. The second kappa shape index (κ2) is 9.48. The molecule has 160 valence electrons. The van der Waals surface area contributed by atoms with Gasteiger partial charge in [-0.3, -0.25) is 14.5 Å². The molecule has 1 aliphatic carbocycles. The van der Waals surface area contributed by atoms with E-state index in [-0.39, 0.29) is 31.0 Å². The fourth-order valence-corrected chi connectivity index (χ4v) is 3.82. The Morgan fingerprint density at radius 1 is 1.27 bits per heavy atom. The van der Waals surface area contributed by atoms with Crippen molar-refractivity contribution >= 4 is 17.8 Å². The molecule has 1 aliphatic heterocycles. The molecule has 1 saturated heterocycles. The first-order chi connectivity index (χ1) is 14.5. The molecule has 1 heterocycles. The van der Waals surface area contributed by atoms with Crippen molar-refractivity contribution in [2.24, 2.45) is 0 Å². The third-order valence-corrected chi connectivity index (χ3v) is 5.32. The van der Waals surface area contributed by atoms with Crippen molar-refractivity contribution in [2.45, 2.75) is 44.6 Å². The molecule has 0 aromatic heterocycles. The molecule has 4 amide bonds. The maximum absolute atomic E-state index is 12.6. The van der Waals surface area contributed by atoms with Crippen LogP contribution in [0.15, 0.2) is 18.2 Å². The first-order valence-corrected chi connectivity index (χ1v) is 10.2. The van der Waals surface area contributed by atoms with Crippen molar-refractivity contribution in [3.8, 4) is 17.6 Å². The SMILES string of the molecule is CCOc1cc(C#N)ccc1OCC(=O)NCCCN1C(=O)NC2(CCCC2)C1=O. The minimum atomic E-state index is -0.701.